The standard InChI is InChI=1S/C21H22F4N2O3S/c22-16-6-8-17(9-7-16)31(29,30)15-3-10-26-11-13-27(14-12-26)20(28)18-4-1-2-5-19(18)21(23,24)25/h1-2,4-9H,3,10-15H2. The van der Waals surface area contributed by atoms with E-state index in [-0.39, 0.29) is 29.3 Å². The maximum absolute atomic E-state index is 13.2. The van der Waals surface area contributed by atoms with Gasteiger partial charge in [0.1, 0.15) is 5.82 Å². The zero-order chi connectivity index (χ0) is 22.6. The number of hydrogen-bond donors (Lipinski definition) is 0. The van der Waals surface area contributed by atoms with Crippen molar-refractivity contribution in [3.05, 3.63) is 65.5 Å². The molecule has 1 amide bonds. The molecular weight excluding hydrogens is 436 g/mol. The summed E-state index contributed by atoms with van der Waals surface area (Å²) in [5.41, 5.74) is -1.32. The summed E-state index contributed by atoms with van der Waals surface area (Å²) < 4.78 is 77.1. The van der Waals surface area contributed by atoms with Crippen molar-refractivity contribution in [2.24, 2.45) is 0 Å². The van der Waals surface area contributed by atoms with Gasteiger partial charge in [0.05, 0.1) is 21.8 Å². The van der Waals surface area contributed by atoms with Crippen molar-refractivity contribution < 1.29 is 30.8 Å². The molecule has 31 heavy (non-hydrogen) atoms. The van der Waals surface area contributed by atoms with Crippen molar-refractivity contribution in [3.8, 4) is 0 Å². The molecule has 0 spiro atoms. The van der Waals surface area contributed by atoms with Crippen LogP contribution < -0.4 is 0 Å². The topological polar surface area (TPSA) is 57.7 Å². The maximum atomic E-state index is 13.2. The average molecular weight is 458 g/mol. The van der Waals surface area contributed by atoms with Crippen molar-refractivity contribution in [1.82, 2.24) is 9.80 Å². The van der Waals surface area contributed by atoms with Crippen LogP contribution in [0, 0.1) is 5.82 Å². The van der Waals surface area contributed by atoms with Crippen LogP contribution in [0.25, 0.3) is 0 Å². The van der Waals surface area contributed by atoms with Gasteiger partial charge in [0.2, 0.25) is 0 Å². The molecule has 0 N–H and O–H groups in total. The summed E-state index contributed by atoms with van der Waals surface area (Å²) in [5, 5.41) is 0. The lowest BCUT2D eigenvalue weighted by Crippen LogP contribution is -2.49. The zero-order valence-corrected chi connectivity index (χ0v) is 17.4. The van der Waals surface area contributed by atoms with E-state index >= 15 is 0 Å². The molecule has 1 aliphatic rings. The Morgan fingerprint density at radius 1 is 0.935 bits per heavy atom. The van der Waals surface area contributed by atoms with Gasteiger partial charge >= 0.3 is 6.18 Å². The molecule has 1 fully saturated rings. The van der Waals surface area contributed by atoms with Crippen molar-refractivity contribution in [2.75, 3.05) is 38.5 Å². The molecule has 0 radical (unpaired) electrons. The number of alkyl halides is 3. The molecule has 0 aromatic heterocycles. The molecule has 168 valence electrons. The molecule has 0 saturated carbocycles. The molecule has 0 atom stereocenters. The van der Waals surface area contributed by atoms with Crippen LogP contribution in [0.3, 0.4) is 0 Å². The minimum absolute atomic E-state index is 0.0626. The molecule has 10 heteroatoms. The van der Waals surface area contributed by atoms with Gasteiger partial charge in [0.25, 0.3) is 5.91 Å². The van der Waals surface area contributed by atoms with Gasteiger partial charge < -0.3 is 4.90 Å². The number of piperazine rings is 1. The number of halogens is 4. The van der Waals surface area contributed by atoms with Gasteiger partial charge in [-0.3, -0.25) is 9.69 Å². The van der Waals surface area contributed by atoms with Crippen molar-refractivity contribution >= 4 is 15.7 Å². The van der Waals surface area contributed by atoms with Gasteiger partial charge in [0, 0.05) is 26.2 Å². The number of carbonyl (C=O) groups excluding carboxylic acids is 1. The number of hydrogen-bond acceptors (Lipinski definition) is 4. The Balaban J connectivity index is 1.51. The van der Waals surface area contributed by atoms with E-state index in [0.717, 1.165) is 18.2 Å². The number of rotatable bonds is 6. The van der Waals surface area contributed by atoms with Crippen LogP contribution in [-0.4, -0.2) is 62.6 Å². The summed E-state index contributed by atoms with van der Waals surface area (Å²) >= 11 is 0. The quantitative estimate of drug-likeness (QED) is 0.492. The molecule has 1 saturated heterocycles. The monoisotopic (exact) mass is 458 g/mol. The molecule has 0 bridgehead atoms. The number of amides is 1. The van der Waals surface area contributed by atoms with Crippen LogP contribution in [0.4, 0.5) is 17.6 Å². The van der Waals surface area contributed by atoms with Crippen LogP contribution in [0.1, 0.15) is 22.3 Å². The molecule has 0 unspecified atom stereocenters. The van der Waals surface area contributed by atoms with Gasteiger partial charge in [-0.15, -0.1) is 0 Å². The number of sulfone groups is 1. The number of nitrogens with zero attached hydrogens (tertiary/aromatic N) is 2. The predicted molar refractivity (Wildman–Crippen MR) is 107 cm³/mol. The first-order valence-electron chi connectivity index (χ1n) is 9.74. The van der Waals surface area contributed by atoms with Crippen LogP contribution >= 0.6 is 0 Å². The molecular formula is C21H22F4N2O3S. The second kappa shape index (κ2) is 9.35. The third kappa shape index (κ3) is 5.82. The summed E-state index contributed by atoms with van der Waals surface area (Å²) in [7, 11) is -3.52. The molecule has 2 aromatic carbocycles. The zero-order valence-electron chi connectivity index (χ0n) is 16.6. The summed E-state index contributed by atoms with van der Waals surface area (Å²) in [4.78, 5) is 16.0. The highest BCUT2D eigenvalue weighted by Crippen LogP contribution is 2.32. The van der Waals surface area contributed by atoms with E-state index in [0.29, 0.717) is 26.1 Å². The second-order valence-electron chi connectivity index (χ2n) is 7.30. The lowest BCUT2D eigenvalue weighted by atomic mass is 10.1. The van der Waals surface area contributed by atoms with E-state index in [1.54, 1.807) is 0 Å². The maximum Gasteiger partial charge on any atom is 0.417 e. The highest BCUT2D eigenvalue weighted by atomic mass is 32.2. The summed E-state index contributed by atoms with van der Waals surface area (Å²) in [6.45, 7) is 1.88. The molecule has 5 nitrogen and oxygen atoms in total. The largest absolute Gasteiger partial charge is 0.417 e. The Bertz CT molecular complexity index is 1020. The van der Waals surface area contributed by atoms with E-state index in [1.165, 1.54) is 35.2 Å². The highest BCUT2D eigenvalue weighted by Gasteiger charge is 2.36. The highest BCUT2D eigenvalue weighted by molar-refractivity contribution is 7.91. The Hall–Kier alpha value is -2.46. The third-order valence-corrected chi connectivity index (χ3v) is 7.00. The number of carbonyl (C=O) groups is 1. The predicted octanol–water partition coefficient (Wildman–Crippen LogP) is 3.47. The fourth-order valence-electron chi connectivity index (χ4n) is 3.50. The van der Waals surface area contributed by atoms with E-state index in [2.05, 4.69) is 0 Å². The van der Waals surface area contributed by atoms with Gasteiger partial charge in [-0.05, 0) is 49.4 Å². The van der Waals surface area contributed by atoms with Gasteiger partial charge in [-0.1, -0.05) is 12.1 Å². The Kier molecular flexibility index (Phi) is 7.00. The smallest absolute Gasteiger partial charge is 0.336 e. The SMILES string of the molecule is O=C(c1ccccc1C(F)(F)F)N1CCN(CCCS(=O)(=O)c2ccc(F)cc2)CC1. The Labute approximate surface area is 178 Å². The first kappa shape index (κ1) is 23.2. The van der Waals surface area contributed by atoms with E-state index in [9.17, 15) is 30.8 Å². The first-order chi connectivity index (χ1) is 14.6. The fourth-order valence-corrected chi connectivity index (χ4v) is 4.80. The molecule has 1 heterocycles. The van der Waals surface area contributed by atoms with Gasteiger partial charge in [-0.2, -0.15) is 13.2 Å². The summed E-state index contributed by atoms with van der Waals surface area (Å²) in [5.74, 6) is -1.27. The molecule has 1 aliphatic heterocycles. The van der Waals surface area contributed by atoms with Crippen molar-refractivity contribution in [3.63, 3.8) is 0 Å². The first-order valence-corrected chi connectivity index (χ1v) is 11.4. The van der Waals surface area contributed by atoms with Gasteiger partial charge in [0.15, 0.2) is 9.84 Å². The lowest BCUT2D eigenvalue weighted by molar-refractivity contribution is -0.138. The van der Waals surface area contributed by atoms with Gasteiger partial charge in [-0.25, -0.2) is 12.8 Å². The van der Waals surface area contributed by atoms with Crippen molar-refractivity contribution in [2.45, 2.75) is 17.5 Å². The Morgan fingerprint density at radius 3 is 2.16 bits per heavy atom. The van der Waals surface area contributed by atoms with Crippen LogP contribution in [0.15, 0.2) is 53.4 Å². The lowest BCUT2D eigenvalue weighted by Gasteiger charge is -2.35. The fraction of sp³-hybridized carbons (Fsp3) is 0.381. The summed E-state index contributed by atoms with van der Waals surface area (Å²) in [6.07, 6.45) is -4.26. The third-order valence-electron chi connectivity index (χ3n) is 5.18. The molecule has 2 aromatic rings. The van der Waals surface area contributed by atoms with E-state index in [4.69, 9.17) is 0 Å². The minimum atomic E-state index is -4.61. The summed E-state index contributed by atoms with van der Waals surface area (Å²) in [6, 6.07) is 9.38. The molecule has 0 aliphatic carbocycles. The minimum Gasteiger partial charge on any atom is -0.336 e. The van der Waals surface area contributed by atoms with Crippen LogP contribution in [0.5, 0.6) is 0 Å². The normalized spacial score (nSPS) is 15.8. The Morgan fingerprint density at radius 2 is 1.55 bits per heavy atom. The van der Waals surface area contributed by atoms with Crippen LogP contribution in [-0.2, 0) is 16.0 Å². The molecule has 3 rings (SSSR count). The van der Waals surface area contributed by atoms with Crippen molar-refractivity contribution in [1.29, 1.82) is 0 Å². The van der Waals surface area contributed by atoms with Crippen LogP contribution in [0.2, 0.25) is 0 Å². The van der Waals surface area contributed by atoms with E-state index < -0.39 is 33.3 Å². The second-order valence-corrected chi connectivity index (χ2v) is 9.41. The number of benzene rings is 2. The van der Waals surface area contributed by atoms with E-state index in [1.807, 2.05) is 4.90 Å². The average Bonchev–Trinajstić information content (AvgIpc) is 2.73.